The summed E-state index contributed by atoms with van der Waals surface area (Å²) in [7, 11) is 0. The van der Waals surface area contributed by atoms with E-state index < -0.39 is 0 Å². The van der Waals surface area contributed by atoms with Crippen LogP contribution in [0.1, 0.15) is 28.4 Å². The Kier molecular flexibility index (Phi) is 5.00. The number of benzene rings is 1. The molecule has 0 aliphatic rings. The number of aromatic nitrogens is 1. The Balaban J connectivity index is 2.26. The first-order valence-corrected chi connectivity index (χ1v) is 7.10. The summed E-state index contributed by atoms with van der Waals surface area (Å²) in [6.45, 7) is 4.06. The van der Waals surface area contributed by atoms with E-state index in [2.05, 4.69) is 16.5 Å². The molecule has 20 heavy (non-hydrogen) atoms. The van der Waals surface area contributed by atoms with Gasteiger partial charge in [0.25, 0.3) is 0 Å². The highest BCUT2D eigenvalue weighted by Crippen LogP contribution is 2.26. The third-order valence-electron chi connectivity index (χ3n) is 3.21. The minimum atomic E-state index is -0.0622. The average Bonchev–Trinajstić information content (AvgIpc) is 2.41. The molecule has 0 amide bonds. The quantitative estimate of drug-likeness (QED) is 0.668. The third-order valence-corrected chi connectivity index (χ3v) is 3.95. The van der Waals surface area contributed by atoms with Gasteiger partial charge in [0.15, 0.2) is 0 Å². The summed E-state index contributed by atoms with van der Waals surface area (Å²) in [5.41, 5.74) is 7.08. The minimum Gasteiger partial charge on any atom is -0.271 e. The lowest BCUT2D eigenvalue weighted by molar-refractivity contribution is 0.535. The number of nitrogens with two attached hydrogens (primary N) is 1. The van der Waals surface area contributed by atoms with Crippen molar-refractivity contribution >= 4 is 23.2 Å². The average molecular weight is 310 g/mol. The van der Waals surface area contributed by atoms with Crippen molar-refractivity contribution in [2.75, 3.05) is 0 Å². The highest BCUT2D eigenvalue weighted by Gasteiger charge is 2.15. The van der Waals surface area contributed by atoms with E-state index in [4.69, 9.17) is 29.0 Å². The van der Waals surface area contributed by atoms with Crippen molar-refractivity contribution in [3.63, 3.8) is 0 Å². The van der Waals surface area contributed by atoms with Crippen LogP contribution in [0.25, 0.3) is 0 Å². The molecule has 0 aliphatic carbocycles. The number of nitrogens with one attached hydrogen (secondary N) is 1. The molecular formula is C15H17Cl2N3. The number of halogens is 2. The summed E-state index contributed by atoms with van der Waals surface area (Å²) in [6.07, 6.45) is 2.55. The Bertz CT molecular complexity index is 614. The normalized spacial score (nSPS) is 12.4. The van der Waals surface area contributed by atoms with Crippen molar-refractivity contribution in [1.82, 2.24) is 10.4 Å². The molecule has 0 saturated heterocycles. The maximum Gasteiger partial charge on any atom is 0.0675 e. The van der Waals surface area contributed by atoms with Gasteiger partial charge in [0.05, 0.1) is 21.8 Å². The van der Waals surface area contributed by atoms with Gasteiger partial charge >= 0.3 is 0 Å². The molecule has 0 fully saturated rings. The number of hydrazine groups is 1. The fourth-order valence-corrected chi connectivity index (χ4v) is 2.55. The fourth-order valence-electron chi connectivity index (χ4n) is 2.23. The molecule has 2 aromatic rings. The highest BCUT2D eigenvalue weighted by molar-refractivity contribution is 6.42. The molecule has 1 aromatic carbocycles. The molecule has 1 unspecified atom stereocenters. The first-order chi connectivity index (χ1) is 9.51. The van der Waals surface area contributed by atoms with Crippen molar-refractivity contribution in [2.45, 2.75) is 26.3 Å². The molecule has 1 aromatic heterocycles. The molecule has 2 rings (SSSR count). The van der Waals surface area contributed by atoms with Crippen molar-refractivity contribution in [3.8, 4) is 0 Å². The van der Waals surface area contributed by atoms with Gasteiger partial charge in [-0.25, -0.2) is 0 Å². The molecular weight excluding hydrogens is 293 g/mol. The lowest BCUT2D eigenvalue weighted by atomic mass is 10.00. The molecule has 0 radical (unpaired) electrons. The monoisotopic (exact) mass is 309 g/mol. The van der Waals surface area contributed by atoms with E-state index in [0.29, 0.717) is 16.5 Å². The molecule has 3 N–H and O–H groups in total. The Hall–Kier alpha value is -1.13. The number of aryl methyl sites for hydroxylation is 2. The van der Waals surface area contributed by atoms with Gasteiger partial charge in [0.2, 0.25) is 0 Å². The Morgan fingerprint density at radius 3 is 2.55 bits per heavy atom. The van der Waals surface area contributed by atoms with Gasteiger partial charge in [0.1, 0.15) is 0 Å². The zero-order chi connectivity index (χ0) is 14.7. The van der Waals surface area contributed by atoms with Crippen LogP contribution in [0.15, 0.2) is 30.5 Å². The van der Waals surface area contributed by atoms with Crippen LogP contribution in [0.5, 0.6) is 0 Å². The number of hydrogen-bond donors (Lipinski definition) is 2. The summed E-state index contributed by atoms with van der Waals surface area (Å²) in [5.74, 6) is 5.68. The lowest BCUT2D eigenvalue weighted by Crippen LogP contribution is -2.30. The van der Waals surface area contributed by atoms with Crippen LogP contribution in [0, 0.1) is 13.8 Å². The molecule has 0 saturated carbocycles. The Morgan fingerprint density at radius 2 is 1.95 bits per heavy atom. The highest BCUT2D eigenvalue weighted by atomic mass is 35.5. The molecule has 0 bridgehead atoms. The second-order valence-electron chi connectivity index (χ2n) is 4.89. The van der Waals surface area contributed by atoms with Gasteiger partial charge in [-0.1, -0.05) is 35.3 Å². The van der Waals surface area contributed by atoms with E-state index in [1.807, 2.05) is 32.2 Å². The van der Waals surface area contributed by atoms with Gasteiger partial charge in [0, 0.05) is 6.20 Å². The first-order valence-electron chi connectivity index (χ1n) is 6.34. The van der Waals surface area contributed by atoms with Gasteiger partial charge < -0.3 is 0 Å². The zero-order valence-corrected chi connectivity index (χ0v) is 13.0. The topological polar surface area (TPSA) is 50.9 Å². The number of rotatable bonds is 4. The standard InChI is InChI=1S/C15H17Cl2N3/c1-9-5-10(2)15(19-8-9)14(20-18)7-11-3-4-12(16)13(17)6-11/h3-6,8,14,20H,7,18H2,1-2H3. The molecule has 1 heterocycles. The second-order valence-corrected chi connectivity index (χ2v) is 5.70. The minimum absolute atomic E-state index is 0.0622. The number of nitrogens with zero attached hydrogens (tertiary/aromatic N) is 1. The zero-order valence-electron chi connectivity index (χ0n) is 11.5. The number of hydrogen-bond acceptors (Lipinski definition) is 3. The second kappa shape index (κ2) is 6.55. The lowest BCUT2D eigenvalue weighted by Gasteiger charge is -2.18. The van der Waals surface area contributed by atoms with E-state index in [1.54, 1.807) is 6.07 Å². The van der Waals surface area contributed by atoms with Crippen LogP contribution < -0.4 is 11.3 Å². The molecule has 3 nitrogen and oxygen atoms in total. The van der Waals surface area contributed by atoms with E-state index in [1.165, 1.54) is 0 Å². The maximum atomic E-state index is 6.04. The van der Waals surface area contributed by atoms with Crippen LogP contribution in [0.2, 0.25) is 10.0 Å². The van der Waals surface area contributed by atoms with Crippen molar-refractivity contribution in [3.05, 3.63) is 62.9 Å². The third kappa shape index (κ3) is 3.49. The molecule has 0 spiro atoms. The van der Waals surface area contributed by atoms with Gasteiger partial charge in [-0.05, 0) is 49.1 Å². The van der Waals surface area contributed by atoms with Gasteiger partial charge in [-0.2, -0.15) is 0 Å². The first kappa shape index (κ1) is 15.3. The predicted molar refractivity (Wildman–Crippen MR) is 83.9 cm³/mol. The van der Waals surface area contributed by atoms with Crippen LogP contribution in [0.3, 0.4) is 0 Å². The van der Waals surface area contributed by atoms with Crippen molar-refractivity contribution in [1.29, 1.82) is 0 Å². The Labute approximate surface area is 129 Å². The predicted octanol–water partition coefficient (Wildman–Crippen LogP) is 3.75. The molecule has 0 aliphatic heterocycles. The van der Waals surface area contributed by atoms with E-state index in [0.717, 1.165) is 22.4 Å². The van der Waals surface area contributed by atoms with E-state index in [9.17, 15) is 0 Å². The van der Waals surface area contributed by atoms with Crippen LogP contribution in [0.4, 0.5) is 0 Å². The fraction of sp³-hybridized carbons (Fsp3) is 0.267. The van der Waals surface area contributed by atoms with E-state index >= 15 is 0 Å². The molecule has 5 heteroatoms. The Morgan fingerprint density at radius 1 is 1.20 bits per heavy atom. The summed E-state index contributed by atoms with van der Waals surface area (Å²) >= 11 is 12.0. The van der Waals surface area contributed by atoms with Crippen molar-refractivity contribution < 1.29 is 0 Å². The smallest absolute Gasteiger partial charge is 0.0675 e. The molecule has 1 atom stereocenters. The van der Waals surface area contributed by atoms with Gasteiger partial charge in [-0.15, -0.1) is 0 Å². The summed E-state index contributed by atoms with van der Waals surface area (Å²) in [5, 5.41) is 1.10. The maximum absolute atomic E-state index is 6.04. The summed E-state index contributed by atoms with van der Waals surface area (Å²) in [4.78, 5) is 4.48. The molecule has 106 valence electrons. The number of pyridine rings is 1. The summed E-state index contributed by atoms with van der Waals surface area (Å²) in [6, 6.07) is 7.64. The SMILES string of the molecule is Cc1cnc(C(Cc2ccc(Cl)c(Cl)c2)NN)c(C)c1. The van der Waals surface area contributed by atoms with Crippen LogP contribution in [-0.2, 0) is 6.42 Å². The van der Waals surface area contributed by atoms with Crippen LogP contribution in [-0.4, -0.2) is 4.98 Å². The van der Waals surface area contributed by atoms with E-state index in [-0.39, 0.29) is 6.04 Å². The summed E-state index contributed by atoms with van der Waals surface area (Å²) < 4.78 is 0. The van der Waals surface area contributed by atoms with Crippen LogP contribution >= 0.6 is 23.2 Å². The van der Waals surface area contributed by atoms with Gasteiger partial charge in [-0.3, -0.25) is 16.3 Å². The largest absolute Gasteiger partial charge is 0.271 e. The van der Waals surface area contributed by atoms with Crippen molar-refractivity contribution in [2.24, 2.45) is 5.84 Å².